The normalized spacial score (nSPS) is 21.7. The number of benzene rings is 1. The minimum atomic E-state index is -0.528. The molecule has 1 heterocycles. The summed E-state index contributed by atoms with van der Waals surface area (Å²) >= 11 is 0. The van der Waals surface area contributed by atoms with Gasteiger partial charge in [-0.3, -0.25) is 4.90 Å². The van der Waals surface area contributed by atoms with Crippen molar-refractivity contribution in [1.82, 2.24) is 4.90 Å². The highest BCUT2D eigenvalue weighted by molar-refractivity contribution is 5.35. The standard InChI is InChI=1S/C16H25NO3/c1-12-5-6-13(2)16(8-12)20-11-15(19)10-17-7-3-4-14(18)9-17/h5-6,8,14-15,18-19H,3-4,7,9-11H2,1-2H3/t14-,15+/m1/s1. The molecule has 1 aromatic rings. The predicted molar refractivity (Wildman–Crippen MR) is 79.1 cm³/mol. The molecule has 4 nitrogen and oxygen atoms in total. The summed E-state index contributed by atoms with van der Waals surface area (Å²) in [5.74, 6) is 0.836. The molecule has 4 heteroatoms. The first-order chi connectivity index (χ1) is 9.54. The van der Waals surface area contributed by atoms with Gasteiger partial charge in [-0.25, -0.2) is 0 Å². The lowest BCUT2D eigenvalue weighted by Gasteiger charge is -2.31. The zero-order valence-corrected chi connectivity index (χ0v) is 12.4. The summed E-state index contributed by atoms with van der Waals surface area (Å²) < 4.78 is 5.71. The van der Waals surface area contributed by atoms with E-state index < -0.39 is 6.10 Å². The van der Waals surface area contributed by atoms with E-state index in [9.17, 15) is 10.2 Å². The van der Waals surface area contributed by atoms with E-state index in [1.54, 1.807) is 0 Å². The molecule has 0 unspecified atom stereocenters. The summed E-state index contributed by atoms with van der Waals surface area (Å²) in [4.78, 5) is 2.10. The Morgan fingerprint density at radius 2 is 2.20 bits per heavy atom. The fraction of sp³-hybridized carbons (Fsp3) is 0.625. The van der Waals surface area contributed by atoms with Crippen molar-refractivity contribution in [1.29, 1.82) is 0 Å². The molecule has 2 N–H and O–H groups in total. The molecule has 112 valence electrons. The minimum Gasteiger partial charge on any atom is -0.491 e. The van der Waals surface area contributed by atoms with E-state index in [1.165, 1.54) is 0 Å². The summed E-state index contributed by atoms with van der Waals surface area (Å²) in [6, 6.07) is 6.07. The number of likely N-dealkylation sites (tertiary alicyclic amines) is 1. The molecule has 1 aliphatic heterocycles. The zero-order chi connectivity index (χ0) is 14.5. The van der Waals surface area contributed by atoms with Crippen LogP contribution in [0.4, 0.5) is 0 Å². The van der Waals surface area contributed by atoms with Gasteiger partial charge in [-0.1, -0.05) is 12.1 Å². The van der Waals surface area contributed by atoms with Crippen LogP contribution in [-0.2, 0) is 0 Å². The van der Waals surface area contributed by atoms with Crippen molar-refractivity contribution in [3.05, 3.63) is 29.3 Å². The van der Waals surface area contributed by atoms with E-state index in [0.717, 1.165) is 36.3 Å². The van der Waals surface area contributed by atoms with Gasteiger partial charge in [-0.2, -0.15) is 0 Å². The minimum absolute atomic E-state index is 0.254. The van der Waals surface area contributed by atoms with E-state index in [-0.39, 0.29) is 12.7 Å². The lowest BCUT2D eigenvalue weighted by molar-refractivity contribution is 0.0242. The van der Waals surface area contributed by atoms with Crippen LogP contribution < -0.4 is 4.74 Å². The number of rotatable bonds is 5. The van der Waals surface area contributed by atoms with Crippen molar-refractivity contribution in [3.63, 3.8) is 0 Å². The summed E-state index contributed by atoms with van der Waals surface area (Å²) in [5.41, 5.74) is 2.23. The van der Waals surface area contributed by atoms with Crippen molar-refractivity contribution < 1.29 is 14.9 Å². The molecule has 0 saturated carbocycles. The number of aliphatic hydroxyl groups is 2. The van der Waals surface area contributed by atoms with E-state index in [2.05, 4.69) is 4.90 Å². The summed E-state index contributed by atoms with van der Waals surface area (Å²) in [6.07, 6.45) is 1.08. The van der Waals surface area contributed by atoms with Crippen LogP contribution >= 0.6 is 0 Å². The topological polar surface area (TPSA) is 52.9 Å². The highest BCUT2D eigenvalue weighted by Crippen LogP contribution is 2.19. The first kappa shape index (κ1) is 15.3. The Kier molecular flexibility index (Phi) is 5.40. The molecule has 1 aromatic carbocycles. The maximum absolute atomic E-state index is 10.1. The molecular formula is C16H25NO3. The Bertz CT molecular complexity index is 436. The molecule has 2 atom stereocenters. The van der Waals surface area contributed by atoms with Crippen LogP contribution in [0.3, 0.4) is 0 Å². The third-order valence-corrected chi connectivity index (χ3v) is 3.72. The maximum Gasteiger partial charge on any atom is 0.122 e. The van der Waals surface area contributed by atoms with Crippen molar-refractivity contribution >= 4 is 0 Å². The molecule has 2 rings (SSSR count). The first-order valence-corrected chi connectivity index (χ1v) is 7.33. The Morgan fingerprint density at radius 1 is 1.40 bits per heavy atom. The lowest BCUT2D eigenvalue weighted by Crippen LogP contribution is -2.43. The van der Waals surface area contributed by atoms with Crippen LogP contribution in [0, 0.1) is 13.8 Å². The van der Waals surface area contributed by atoms with Gasteiger partial charge in [-0.05, 0) is 50.4 Å². The number of hydrogen-bond donors (Lipinski definition) is 2. The van der Waals surface area contributed by atoms with Gasteiger partial charge in [0.2, 0.25) is 0 Å². The highest BCUT2D eigenvalue weighted by Gasteiger charge is 2.20. The smallest absolute Gasteiger partial charge is 0.122 e. The van der Waals surface area contributed by atoms with Gasteiger partial charge in [0, 0.05) is 13.1 Å². The van der Waals surface area contributed by atoms with Gasteiger partial charge in [0.1, 0.15) is 18.5 Å². The number of nitrogens with zero attached hydrogens (tertiary/aromatic N) is 1. The second-order valence-electron chi connectivity index (χ2n) is 5.79. The molecular weight excluding hydrogens is 254 g/mol. The largest absolute Gasteiger partial charge is 0.491 e. The molecule has 0 amide bonds. The maximum atomic E-state index is 10.1. The lowest BCUT2D eigenvalue weighted by atomic mass is 10.1. The molecule has 1 fully saturated rings. The molecule has 20 heavy (non-hydrogen) atoms. The quantitative estimate of drug-likeness (QED) is 0.857. The average molecular weight is 279 g/mol. The summed E-state index contributed by atoms with van der Waals surface area (Å²) in [6.45, 7) is 6.47. The van der Waals surface area contributed by atoms with E-state index in [0.29, 0.717) is 13.1 Å². The molecule has 0 aromatic heterocycles. The Balaban J connectivity index is 1.79. The summed E-state index contributed by atoms with van der Waals surface area (Å²) in [5, 5.41) is 19.7. The Labute approximate surface area is 121 Å². The van der Waals surface area contributed by atoms with Gasteiger partial charge in [-0.15, -0.1) is 0 Å². The SMILES string of the molecule is Cc1ccc(C)c(OC[C@@H](O)CN2CCC[C@@H](O)C2)c1. The van der Waals surface area contributed by atoms with E-state index in [1.807, 2.05) is 32.0 Å². The molecule has 0 radical (unpaired) electrons. The second-order valence-corrected chi connectivity index (χ2v) is 5.79. The molecule has 0 spiro atoms. The van der Waals surface area contributed by atoms with Gasteiger partial charge in [0.25, 0.3) is 0 Å². The molecule has 1 saturated heterocycles. The van der Waals surface area contributed by atoms with Crippen molar-refractivity contribution in [2.24, 2.45) is 0 Å². The van der Waals surface area contributed by atoms with Crippen LogP contribution in [0.2, 0.25) is 0 Å². The van der Waals surface area contributed by atoms with Crippen molar-refractivity contribution in [2.45, 2.75) is 38.9 Å². The van der Waals surface area contributed by atoms with Crippen LogP contribution in [0.1, 0.15) is 24.0 Å². The van der Waals surface area contributed by atoms with Crippen molar-refractivity contribution in [3.8, 4) is 5.75 Å². The Hall–Kier alpha value is -1.10. The van der Waals surface area contributed by atoms with Crippen molar-refractivity contribution in [2.75, 3.05) is 26.2 Å². The second kappa shape index (κ2) is 7.07. The monoisotopic (exact) mass is 279 g/mol. The first-order valence-electron chi connectivity index (χ1n) is 7.33. The van der Waals surface area contributed by atoms with Crippen LogP contribution in [0.5, 0.6) is 5.75 Å². The third kappa shape index (κ3) is 4.47. The van der Waals surface area contributed by atoms with Crippen LogP contribution in [0.25, 0.3) is 0 Å². The zero-order valence-electron chi connectivity index (χ0n) is 12.4. The van der Waals surface area contributed by atoms with Crippen LogP contribution in [0.15, 0.2) is 18.2 Å². The third-order valence-electron chi connectivity index (χ3n) is 3.72. The van der Waals surface area contributed by atoms with Gasteiger partial charge < -0.3 is 14.9 Å². The average Bonchev–Trinajstić information content (AvgIpc) is 2.40. The van der Waals surface area contributed by atoms with Gasteiger partial charge in [0.05, 0.1) is 6.10 Å². The number of aryl methyl sites for hydroxylation is 2. The number of piperidine rings is 1. The van der Waals surface area contributed by atoms with Gasteiger partial charge >= 0.3 is 0 Å². The van der Waals surface area contributed by atoms with E-state index in [4.69, 9.17) is 4.74 Å². The summed E-state index contributed by atoms with van der Waals surface area (Å²) in [7, 11) is 0. The number of hydrogen-bond acceptors (Lipinski definition) is 4. The van der Waals surface area contributed by atoms with Gasteiger partial charge in [0.15, 0.2) is 0 Å². The number of aliphatic hydroxyl groups excluding tert-OH is 2. The fourth-order valence-corrected chi connectivity index (χ4v) is 2.60. The predicted octanol–water partition coefficient (Wildman–Crippen LogP) is 1.50. The van der Waals surface area contributed by atoms with E-state index >= 15 is 0 Å². The number of ether oxygens (including phenoxy) is 1. The molecule has 0 aliphatic carbocycles. The Morgan fingerprint density at radius 3 is 2.95 bits per heavy atom. The highest BCUT2D eigenvalue weighted by atomic mass is 16.5. The number of β-amino-alcohol motifs (C(OH)–C–C–N with tert-alkyl or cyclic N) is 2. The molecule has 0 bridgehead atoms. The fourth-order valence-electron chi connectivity index (χ4n) is 2.60. The van der Waals surface area contributed by atoms with Crippen LogP contribution in [-0.4, -0.2) is 53.6 Å². The molecule has 1 aliphatic rings.